The average molecular weight is 440 g/mol. The number of hydrogen-bond acceptors (Lipinski definition) is 7. The van der Waals surface area contributed by atoms with Crippen molar-refractivity contribution in [1.29, 1.82) is 0 Å². The summed E-state index contributed by atoms with van der Waals surface area (Å²) in [4.78, 5) is 22.9. The number of benzene rings is 1. The van der Waals surface area contributed by atoms with Crippen molar-refractivity contribution >= 4 is 23.3 Å². The van der Waals surface area contributed by atoms with Crippen LogP contribution in [0.1, 0.15) is 18.2 Å². The standard InChI is InChI=1S/C22H29N7O3/c1-15-20(17-11-23-16(2)24-12-17)27-29(19-7-5-4-6-8-19)21(15)26-22(30)25-18-13-28(32-14-18)9-10-31-3/h4-8,11,18H,9-10,12-14H2,1-3H3,(H,23,24)(H2,25,26,30). The van der Waals surface area contributed by atoms with Gasteiger partial charge in [0.25, 0.3) is 0 Å². The number of carbonyl (C=O) groups excluding carboxylic acids is 1. The number of nitrogens with zero attached hydrogens (tertiary/aromatic N) is 4. The summed E-state index contributed by atoms with van der Waals surface area (Å²) < 4.78 is 6.83. The fourth-order valence-electron chi connectivity index (χ4n) is 3.65. The summed E-state index contributed by atoms with van der Waals surface area (Å²) in [7, 11) is 1.65. The first-order valence-electron chi connectivity index (χ1n) is 10.6. The summed E-state index contributed by atoms with van der Waals surface area (Å²) in [5.74, 6) is 1.48. The number of ether oxygens (including phenoxy) is 1. The van der Waals surface area contributed by atoms with Gasteiger partial charge in [0.15, 0.2) is 0 Å². The van der Waals surface area contributed by atoms with Crippen molar-refractivity contribution < 1.29 is 14.4 Å². The van der Waals surface area contributed by atoms with E-state index in [1.807, 2.05) is 50.4 Å². The molecule has 0 radical (unpaired) electrons. The van der Waals surface area contributed by atoms with Crippen molar-refractivity contribution in [2.75, 3.05) is 45.3 Å². The molecule has 1 saturated heterocycles. The molecular weight excluding hydrogens is 410 g/mol. The highest BCUT2D eigenvalue weighted by Gasteiger charge is 2.26. The van der Waals surface area contributed by atoms with E-state index in [9.17, 15) is 4.79 Å². The lowest BCUT2D eigenvalue weighted by atomic mass is 10.1. The molecule has 32 heavy (non-hydrogen) atoms. The number of hydroxylamine groups is 2. The first-order chi connectivity index (χ1) is 15.5. The molecule has 2 aromatic rings. The van der Waals surface area contributed by atoms with Crippen molar-refractivity contribution in [3.05, 3.63) is 47.8 Å². The third-order valence-electron chi connectivity index (χ3n) is 5.36. The summed E-state index contributed by atoms with van der Waals surface area (Å²) >= 11 is 0. The van der Waals surface area contributed by atoms with Gasteiger partial charge in [0, 0.05) is 37.5 Å². The van der Waals surface area contributed by atoms with Gasteiger partial charge in [0.1, 0.15) is 5.82 Å². The summed E-state index contributed by atoms with van der Waals surface area (Å²) in [5.41, 5.74) is 3.49. The van der Waals surface area contributed by atoms with Gasteiger partial charge < -0.3 is 15.4 Å². The Bertz CT molecular complexity index is 1020. The van der Waals surface area contributed by atoms with Crippen molar-refractivity contribution in [2.24, 2.45) is 4.99 Å². The Labute approximate surface area is 187 Å². The Hall–Kier alpha value is -3.21. The van der Waals surface area contributed by atoms with Gasteiger partial charge in [-0.1, -0.05) is 18.2 Å². The van der Waals surface area contributed by atoms with Crippen LogP contribution in [0.4, 0.5) is 10.6 Å². The molecular formula is C22H29N7O3. The summed E-state index contributed by atoms with van der Waals surface area (Å²) in [5, 5.41) is 15.7. The van der Waals surface area contributed by atoms with Crippen molar-refractivity contribution in [2.45, 2.75) is 19.9 Å². The lowest BCUT2D eigenvalue weighted by Gasteiger charge is -2.15. The predicted octanol–water partition coefficient (Wildman–Crippen LogP) is 1.93. The molecule has 4 rings (SSSR count). The molecule has 1 atom stereocenters. The van der Waals surface area contributed by atoms with E-state index >= 15 is 0 Å². The van der Waals surface area contributed by atoms with Crippen LogP contribution >= 0.6 is 0 Å². The fourth-order valence-corrected chi connectivity index (χ4v) is 3.65. The molecule has 3 heterocycles. The molecule has 2 aliphatic heterocycles. The van der Waals surface area contributed by atoms with E-state index in [0.29, 0.717) is 38.7 Å². The maximum absolute atomic E-state index is 12.8. The highest BCUT2D eigenvalue weighted by molar-refractivity contribution is 5.91. The quantitative estimate of drug-likeness (QED) is 0.609. The second kappa shape index (κ2) is 9.94. The Morgan fingerprint density at radius 3 is 2.84 bits per heavy atom. The van der Waals surface area contributed by atoms with Crippen LogP contribution in [-0.4, -0.2) is 72.7 Å². The molecule has 2 aliphatic rings. The molecule has 0 bridgehead atoms. The molecule has 3 N–H and O–H groups in total. The smallest absolute Gasteiger partial charge is 0.320 e. The first kappa shape index (κ1) is 22.0. The zero-order valence-corrected chi connectivity index (χ0v) is 18.6. The molecule has 10 heteroatoms. The molecule has 170 valence electrons. The van der Waals surface area contributed by atoms with Crippen molar-refractivity contribution in [3.8, 4) is 5.69 Å². The summed E-state index contributed by atoms with van der Waals surface area (Å²) in [6, 6.07) is 9.32. The fraction of sp³-hybridized carbons (Fsp3) is 0.409. The van der Waals surface area contributed by atoms with Gasteiger partial charge >= 0.3 is 6.03 Å². The number of rotatable bonds is 7. The number of anilines is 1. The number of urea groups is 1. The molecule has 2 amide bonds. The molecule has 10 nitrogen and oxygen atoms in total. The van der Waals surface area contributed by atoms with Gasteiger partial charge in [-0.2, -0.15) is 10.2 Å². The maximum Gasteiger partial charge on any atom is 0.320 e. The van der Waals surface area contributed by atoms with Gasteiger partial charge in [-0.05, 0) is 26.0 Å². The maximum atomic E-state index is 12.8. The first-order valence-corrected chi connectivity index (χ1v) is 10.6. The largest absolute Gasteiger partial charge is 0.383 e. The van der Waals surface area contributed by atoms with Gasteiger partial charge in [0.05, 0.1) is 43.0 Å². The van der Waals surface area contributed by atoms with E-state index in [0.717, 1.165) is 28.4 Å². The van der Waals surface area contributed by atoms with Crippen LogP contribution in [0.3, 0.4) is 0 Å². The number of amidine groups is 1. The minimum absolute atomic E-state index is 0.109. The number of amides is 2. The Morgan fingerprint density at radius 1 is 1.31 bits per heavy atom. The molecule has 1 aromatic heterocycles. The number of carbonyl (C=O) groups is 1. The Balaban J connectivity index is 1.53. The van der Waals surface area contributed by atoms with Crippen LogP contribution < -0.4 is 16.0 Å². The Kier molecular flexibility index (Phi) is 6.84. The van der Waals surface area contributed by atoms with Crippen LogP contribution in [0.25, 0.3) is 11.3 Å². The van der Waals surface area contributed by atoms with Crippen molar-refractivity contribution in [1.82, 2.24) is 25.5 Å². The minimum Gasteiger partial charge on any atom is -0.383 e. The van der Waals surface area contributed by atoms with Gasteiger partial charge in [-0.3, -0.25) is 15.1 Å². The van der Waals surface area contributed by atoms with Gasteiger partial charge in [-0.15, -0.1) is 0 Å². The number of nitrogens with one attached hydrogen (secondary N) is 3. The van der Waals surface area contributed by atoms with Crippen LogP contribution in [0.15, 0.2) is 41.5 Å². The van der Waals surface area contributed by atoms with E-state index in [1.165, 1.54) is 0 Å². The summed E-state index contributed by atoms with van der Waals surface area (Å²) in [6.45, 7) is 6.67. The lowest BCUT2D eigenvalue weighted by molar-refractivity contribution is -0.118. The number of aromatic nitrogens is 2. The van der Waals surface area contributed by atoms with Crippen LogP contribution in [0.5, 0.6) is 0 Å². The third kappa shape index (κ3) is 4.98. The van der Waals surface area contributed by atoms with Crippen LogP contribution in [0, 0.1) is 6.92 Å². The van der Waals surface area contributed by atoms with E-state index < -0.39 is 0 Å². The minimum atomic E-state index is -0.302. The van der Waals surface area contributed by atoms with E-state index in [-0.39, 0.29) is 12.1 Å². The van der Waals surface area contributed by atoms with E-state index in [4.69, 9.17) is 14.7 Å². The Morgan fingerprint density at radius 2 is 2.12 bits per heavy atom. The summed E-state index contributed by atoms with van der Waals surface area (Å²) in [6.07, 6.45) is 1.92. The number of aliphatic imine (C=N–C) groups is 1. The number of para-hydroxylation sites is 1. The van der Waals surface area contributed by atoms with Gasteiger partial charge in [0.2, 0.25) is 0 Å². The van der Waals surface area contributed by atoms with E-state index in [2.05, 4.69) is 20.9 Å². The van der Waals surface area contributed by atoms with Crippen LogP contribution in [0.2, 0.25) is 0 Å². The lowest BCUT2D eigenvalue weighted by Crippen LogP contribution is -2.41. The second-order valence-electron chi connectivity index (χ2n) is 7.76. The molecule has 1 aromatic carbocycles. The zero-order valence-electron chi connectivity index (χ0n) is 18.6. The van der Waals surface area contributed by atoms with Crippen molar-refractivity contribution in [3.63, 3.8) is 0 Å². The monoisotopic (exact) mass is 439 g/mol. The number of methoxy groups -OCH3 is 1. The third-order valence-corrected chi connectivity index (χ3v) is 5.36. The SMILES string of the molecule is COCCN1CC(NC(=O)Nc2c(C)c(C3=CNC(C)=NC3)nn2-c2ccccc2)CO1. The molecule has 1 unspecified atom stereocenters. The number of hydrogen-bond donors (Lipinski definition) is 3. The highest BCUT2D eigenvalue weighted by Crippen LogP contribution is 2.28. The molecule has 0 aliphatic carbocycles. The molecule has 0 saturated carbocycles. The normalized spacial score (nSPS) is 18.7. The second-order valence-corrected chi connectivity index (χ2v) is 7.76. The molecule has 1 fully saturated rings. The zero-order chi connectivity index (χ0) is 22.5. The van der Waals surface area contributed by atoms with E-state index in [1.54, 1.807) is 16.9 Å². The van der Waals surface area contributed by atoms with Gasteiger partial charge in [-0.25, -0.2) is 9.48 Å². The predicted molar refractivity (Wildman–Crippen MR) is 123 cm³/mol. The topological polar surface area (TPSA) is 105 Å². The average Bonchev–Trinajstić information content (AvgIpc) is 3.38. The molecule has 0 spiro atoms. The van der Waals surface area contributed by atoms with Crippen LogP contribution in [-0.2, 0) is 9.57 Å². The highest BCUT2D eigenvalue weighted by atomic mass is 16.7.